The zero-order valence-corrected chi connectivity index (χ0v) is 11.8. The minimum absolute atomic E-state index is 0.121. The van der Waals surface area contributed by atoms with Gasteiger partial charge in [0.05, 0.1) is 12.7 Å². The second kappa shape index (κ2) is 6.56. The standard InChI is InChI=1S/C15H18FNO4/c1-21-11-6-7-12(13(16)8-11)15(20)17(9-14(18)19)10-4-2-3-5-10/h6-8,10H,2-5,9H2,1H3,(H,18,19). The normalized spacial score (nSPS) is 15.0. The lowest BCUT2D eigenvalue weighted by atomic mass is 10.1. The van der Waals surface area contributed by atoms with Crippen LogP contribution in [0.5, 0.6) is 5.75 Å². The zero-order valence-electron chi connectivity index (χ0n) is 11.8. The highest BCUT2D eigenvalue weighted by Crippen LogP contribution is 2.26. The number of benzene rings is 1. The lowest BCUT2D eigenvalue weighted by Gasteiger charge is -2.27. The van der Waals surface area contributed by atoms with Gasteiger partial charge in [-0.25, -0.2) is 4.39 Å². The third kappa shape index (κ3) is 3.51. The molecule has 0 unspecified atom stereocenters. The molecule has 0 atom stereocenters. The van der Waals surface area contributed by atoms with Crippen molar-refractivity contribution in [1.29, 1.82) is 0 Å². The summed E-state index contributed by atoms with van der Waals surface area (Å²) in [6.07, 6.45) is 3.44. The van der Waals surface area contributed by atoms with Gasteiger partial charge in [0, 0.05) is 12.1 Å². The van der Waals surface area contributed by atoms with Crippen LogP contribution in [0.25, 0.3) is 0 Å². The number of nitrogens with zero attached hydrogens (tertiary/aromatic N) is 1. The number of carbonyl (C=O) groups excluding carboxylic acids is 1. The number of aliphatic carboxylic acids is 1. The number of hydrogen-bond donors (Lipinski definition) is 1. The third-order valence-electron chi connectivity index (χ3n) is 3.74. The highest BCUT2D eigenvalue weighted by Gasteiger charge is 2.30. The van der Waals surface area contributed by atoms with Gasteiger partial charge in [0.1, 0.15) is 18.1 Å². The molecule has 1 aromatic carbocycles. The zero-order chi connectivity index (χ0) is 15.4. The highest BCUT2D eigenvalue weighted by molar-refractivity contribution is 5.96. The third-order valence-corrected chi connectivity index (χ3v) is 3.74. The summed E-state index contributed by atoms with van der Waals surface area (Å²) in [6, 6.07) is 3.82. The van der Waals surface area contributed by atoms with Crippen molar-refractivity contribution < 1.29 is 23.8 Å². The molecule has 0 radical (unpaired) electrons. The van der Waals surface area contributed by atoms with E-state index in [1.807, 2.05) is 0 Å². The number of halogens is 1. The number of amides is 1. The van der Waals surface area contributed by atoms with E-state index in [9.17, 15) is 14.0 Å². The monoisotopic (exact) mass is 295 g/mol. The van der Waals surface area contributed by atoms with Crippen LogP contribution < -0.4 is 4.74 Å². The molecule has 1 fully saturated rings. The Bertz CT molecular complexity index is 540. The van der Waals surface area contributed by atoms with Gasteiger partial charge in [0.15, 0.2) is 0 Å². The Hall–Kier alpha value is -2.11. The van der Waals surface area contributed by atoms with E-state index in [1.165, 1.54) is 24.1 Å². The van der Waals surface area contributed by atoms with E-state index in [2.05, 4.69) is 0 Å². The summed E-state index contributed by atoms with van der Waals surface area (Å²) >= 11 is 0. The Morgan fingerprint density at radius 3 is 2.57 bits per heavy atom. The molecule has 1 aliphatic rings. The molecule has 5 nitrogen and oxygen atoms in total. The van der Waals surface area contributed by atoms with E-state index in [0.717, 1.165) is 31.7 Å². The van der Waals surface area contributed by atoms with Crippen LogP contribution in [-0.2, 0) is 4.79 Å². The quantitative estimate of drug-likeness (QED) is 0.905. The minimum atomic E-state index is -1.09. The lowest BCUT2D eigenvalue weighted by Crippen LogP contribution is -2.42. The van der Waals surface area contributed by atoms with Crippen LogP contribution >= 0.6 is 0 Å². The molecule has 0 bridgehead atoms. The number of ether oxygens (including phenoxy) is 1. The molecular weight excluding hydrogens is 277 g/mol. The first kappa shape index (κ1) is 15.3. The van der Waals surface area contributed by atoms with Crippen LogP contribution in [0.2, 0.25) is 0 Å². The molecule has 1 N–H and O–H groups in total. The maximum atomic E-state index is 14.0. The maximum absolute atomic E-state index is 14.0. The van der Waals surface area contributed by atoms with Crippen LogP contribution in [0, 0.1) is 5.82 Å². The van der Waals surface area contributed by atoms with Gasteiger partial charge in [-0.3, -0.25) is 9.59 Å². The Morgan fingerprint density at radius 2 is 2.05 bits per heavy atom. The summed E-state index contributed by atoms with van der Waals surface area (Å²) in [5, 5.41) is 8.98. The van der Waals surface area contributed by atoms with Crippen LogP contribution in [0.4, 0.5) is 4.39 Å². The van der Waals surface area contributed by atoms with E-state index in [-0.39, 0.29) is 11.6 Å². The first-order valence-electron chi connectivity index (χ1n) is 6.89. The van der Waals surface area contributed by atoms with E-state index >= 15 is 0 Å². The molecule has 114 valence electrons. The second-order valence-corrected chi connectivity index (χ2v) is 5.11. The van der Waals surface area contributed by atoms with Crippen molar-refractivity contribution in [3.63, 3.8) is 0 Å². The number of carboxylic acid groups (broad SMARTS) is 1. The van der Waals surface area contributed by atoms with E-state index in [1.54, 1.807) is 0 Å². The summed E-state index contributed by atoms with van der Waals surface area (Å²) in [4.78, 5) is 24.7. The number of carboxylic acids is 1. The molecule has 1 amide bonds. The number of carbonyl (C=O) groups is 2. The number of hydrogen-bond acceptors (Lipinski definition) is 3. The van der Waals surface area contributed by atoms with Crippen molar-refractivity contribution in [2.75, 3.05) is 13.7 Å². The molecule has 6 heteroatoms. The molecule has 0 heterocycles. The van der Waals surface area contributed by atoms with Gasteiger partial charge in [-0.1, -0.05) is 12.8 Å². The molecule has 1 aliphatic carbocycles. The predicted octanol–water partition coefficient (Wildman–Crippen LogP) is 2.30. The summed E-state index contributed by atoms with van der Waals surface area (Å²) in [5.74, 6) is -2.06. The largest absolute Gasteiger partial charge is 0.497 e. The average molecular weight is 295 g/mol. The van der Waals surface area contributed by atoms with Crippen LogP contribution in [-0.4, -0.2) is 41.6 Å². The summed E-state index contributed by atoms with van der Waals surface area (Å²) in [7, 11) is 1.41. The highest BCUT2D eigenvalue weighted by atomic mass is 19.1. The summed E-state index contributed by atoms with van der Waals surface area (Å²) in [5.41, 5.74) is -0.121. The Labute approximate surface area is 122 Å². The van der Waals surface area contributed by atoms with Crippen LogP contribution in [0.3, 0.4) is 0 Å². The summed E-state index contributed by atoms with van der Waals surface area (Å²) in [6.45, 7) is -0.408. The molecular formula is C15H18FNO4. The van der Waals surface area contributed by atoms with Gasteiger partial charge < -0.3 is 14.7 Å². The summed E-state index contributed by atoms with van der Waals surface area (Å²) < 4.78 is 18.9. The van der Waals surface area contributed by atoms with Gasteiger partial charge in [-0.15, -0.1) is 0 Å². The molecule has 0 aliphatic heterocycles. The second-order valence-electron chi connectivity index (χ2n) is 5.11. The molecule has 0 spiro atoms. The van der Waals surface area contributed by atoms with Gasteiger partial charge >= 0.3 is 5.97 Å². The average Bonchev–Trinajstić information content (AvgIpc) is 2.97. The van der Waals surface area contributed by atoms with Crippen molar-refractivity contribution in [3.8, 4) is 5.75 Å². The van der Waals surface area contributed by atoms with Gasteiger partial charge in [0.2, 0.25) is 0 Å². The van der Waals surface area contributed by atoms with Crippen molar-refractivity contribution in [2.24, 2.45) is 0 Å². The van der Waals surface area contributed by atoms with Crippen molar-refractivity contribution in [1.82, 2.24) is 4.90 Å². The molecule has 21 heavy (non-hydrogen) atoms. The first-order valence-corrected chi connectivity index (χ1v) is 6.89. The molecule has 0 aromatic heterocycles. The Morgan fingerprint density at radius 1 is 1.38 bits per heavy atom. The molecule has 1 aromatic rings. The maximum Gasteiger partial charge on any atom is 0.323 e. The van der Waals surface area contributed by atoms with E-state index in [4.69, 9.17) is 9.84 Å². The SMILES string of the molecule is COc1ccc(C(=O)N(CC(=O)O)C2CCCC2)c(F)c1. The van der Waals surface area contributed by atoms with Crippen LogP contribution in [0.1, 0.15) is 36.0 Å². The van der Waals surface area contributed by atoms with Gasteiger partial charge in [-0.2, -0.15) is 0 Å². The fourth-order valence-corrected chi connectivity index (χ4v) is 2.68. The fraction of sp³-hybridized carbons (Fsp3) is 0.467. The lowest BCUT2D eigenvalue weighted by molar-refractivity contribution is -0.138. The van der Waals surface area contributed by atoms with Crippen molar-refractivity contribution >= 4 is 11.9 Å². The van der Waals surface area contributed by atoms with Crippen LogP contribution in [0.15, 0.2) is 18.2 Å². The van der Waals surface area contributed by atoms with Gasteiger partial charge in [0.25, 0.3) is 5.91 Å². The minimum Gasteiger partial charge on any atom is -0.497 e. The van der Waals surface area contributed by atoms with Crippen molar-refractivity contribution in [2.45, 2.75) is 31.7 Å². The first-order chi connectivity index (χ1) is 10.0. The number of rotatable bonds is 5. The molecule has 2 rings (SSSR count). The molecule has 0 saturated heterocycles. The smallest absolute Gasteiger partial charge is 0.323 e. The number of methoxy groups -OCH3 is 1. The Balaban J connectivity index is 2.26. The van der Waals surface area contributed by atoms with Gasteiger partial charge in [-0.05, 0) is 25.0 Å². The Kier molecular flexibility index (Phi) is 4.77. The fourth-order valence-electron chi connectivity index (χ4n) is 2.68. The molecule has 1 saturated carbocycles. The van der Waals surface area contributed by atoms with E-state index in [0.29, 0.717) is 5.75 Å². The predicted molar refractivity (Wildman–Crippen MR) is 73.9 cm³/mol. The van der Waals surface area contributed by atoms with E-state index < -0.39 is 24.2 Å². The van der Waals surface area contributed by atoms with Crippen molar-refractivity contribution in [3.05, 3.63) is 29.6 Å². The topological polar surface area (TPSA) is 66.8 Å².